The van der Waals surface area contributed by atoms with Crippen LogP contribution in [0.3, 0.4) is 0 Å². The molecule has 0 radical (unpaired) electrons. The van der Waals surface area contributed by atoms with Gasteiger partial charge >= 0.3 is 6.18 Å². The summed E-state index contributed by atoms with van der Waals surface area (Å²) in [5.74, 6) is -2.87. The second kappa shape index (κ2) is 15.3. The van der Waals surface area contributed by atoms with E-state index in [-0.39, 0.29) is 45.3 Å². The van der Waals surface area contributed by atoms with Gasteiger partial charge in [-0.25, -0.2) is 4.39 Å². The average Bonchev–Trinajstić information content (AvgIpc) is 3.63. The fourth-order valence-electron chi connectivity index (χ4n) is 4.97. The summed E-state index contributed by atoms with van der Waals surface area (Å²) in [5, 5.41) is -0.161. The minimum absolute atomic E-state index is 0.0293. The number of alkyl halides is 3. The molecule has 4 aromatic rings. The van der Waals surface area contributed by atoms with E-state index in [1.165, 1.54) is 41.0 Å². The van der Waals surface area contributed by atoms with Gasteiger partial charge in [0, 0.05) is 44.8 Å². The summed E-state index contributed by atoms with van der Waals surface area (Å²) in [6.07, 6.45) is -3.56. The van der Waals surface area contributed by atoms with Crippen LogP contribution in [0.25, 0.3) is 11.1 Å². The van der Waals surface area contributed by atoms with Crippen LogP contribution in [0.2, 0.25) is 0 Å². The molecule has 47 heavy (non-hydrogen) atoms. The predicted molar refractivity (Wildman–Crippen MR) is 177 cm³/mol. The quantitative estimate of drug-likeness (QED) is 0.0850. The first-order valence-corrected chi connectivity index (χ1v) is 15.4. The number of rotatable bonds is 13. The van der Waals surface area contributed by atoms with Gasteiger partial charge in [-0.3, -0.25) is 9.59 Å². The summed E-state index contributed by atoms with van der Waals surface area (Å²) >= 11 is 0.730. The molecule has 0 aliphatic heterocycles. The number of aromatic nitrogens is 2. The van der Waals surface area contributed by atoms with Crippen molar-refractivity contribution in [3.05, 3.63) is 117 Å². The molecule has 0 atom stereocenters. The van der Waals surface area contributed by atoms with Crippen LogP contribution in [0, 0.1) is 5.82 Å². The SMILES string of the molecule is [2H]c1c([2H])c(CSc2nc(=O)c3c(n2CC(=O)N(Cc2ccc(-c4ccc(C(F)(F)F)cc4)cc2)C([2H])([2H])C([2H])([2H])N(C([2H])([2H])C)C([2H])([2H])C)CCC3)c([2H])c([2H])c1F. The highest BCUT2D eigenvalue weighted by atomic mass is 32.2. The Hall–Kier alpha value is -3.96. The minimum atomic E-state index is -4.56. The summed E-state index contributed by atoms with van der Waals surface area (Å²) < 4.78 is 156. The Labute approximate surface area is 293 Å². The third-order valence-electron chi connectivity index (χ3n) is 7.37. The number of hydrogen-bond acceptors (Lipinski definition) is 5. The number of thioether (sulfide) groups is 1. The van der Waals surface area contributed by atoms with Gasteiger partial charge in [-0.15, -0.1) is 0 Å². The molecular weight excluding hydrogens is 628 g/mol. The van der Waals surface area contributed by atoms with E-state index in [1.54, 1.807) is 0 Å². The number of fused-ring (bicyclic) bond motifs is 1. The number of amides is 1. The molecule has 1 aliphatic rings. The smallest absolute Gasteiger partial charge is 0.336 e. The lowest BCUT2D eigenvalue weighted by Gasteiger charge is -2.28. The van der Waals surface area contributed by atoms with Crippen LogP contribution in [0.4, 0.5) is 17.6 Å². The maximum absolute atomic E-state index is 14.6. The fourth-order valence-corrected chi connectivity index (χ4v) is 5.87. The summed E-state index contributed by atoms with van der Waals surface area (Å²) in [4.78, 5) is 32.3. The monoisotopic (exact) mass is 678 g/mol. The van der Waals surface area contributed by atoms with Crippen LogP contribution in [0.15, 0.2) is 82.7 Å². The van der Waals surface area contributed by atoms with Crippen molar-refractivity contribution >= 4 is 17.7 Å². The molecule has 5 rings (SSSR count). The summed E-state index contributed by atoms with van der Waals surface area (Å²) in [6.45, 7) is -12.6. The summed E-state index contributed by atoms with van der Waals surface area (Å²) in [7, 11) is 0. The second-order valence-corrected chi connectivity index (χ2v) is 11.3. The molecule has 0 spiro atoms. The number of likely N-dealkylation sites (N-methyl/N-ethyl adjacent to an activating group) is 1. The van der Waals surface area contributed by atoms with E-state index in [0.717, 1.165) is 37.7 Å². The third-order valence-corrected chi connectivity index (χ3v) is 8.37. The zero-order valence-electron chi connectivity index (χ0n) is 37.4. The van der Waals surface area contributed by atoms with Gasteiger partial charge in [0.05, 0.1) is 13.8 Å². The largest absolute Gasteiger partial charge is 0.416 e. The molecule has 0 unspecified atom stereocenters. The molecule has 0 saturated carbocycles. The van der Waals surface area contributed by atoms with Crippen LogP contribution in [-0.2, 0) is 42.7 Å². The molecule has 248 valence electrons. The topological polar surface area (TPSA) is 58.4 Å². The van der Waals surface area contributed by atoms with Gasteiger partial charge in [-0.2, -0.15) is 18.2 Å². The average molecular weight is 679 g/mol. The van der Waals surface area contributed by atoms with E-state index in [2.05, 4.69) is 4.98 Å². The summed E-state index contributed by atoms with van der Waals surface area (Å²) in [5.41, 5.74) is -0.121. The number of carbonyl (C=O) groups excluding carboxylic acids is 1. The molecule has 0 saturated heterocycles. The highest BCUT2D eigenvalue weighted by molar-refractivity contribution is 7.98. The number of halogens is 4. The number of nitrogens with zero attached hydrogens (tertiary/aromatic N) is 4. The van der Waals surface area contributed by atoms with Crippen molar-refractivity contribution in [3.8, 4) is 11.1 Å². The Bertz CT molecular complexity index is 2260. The highest BCUT2D eigenvalue weighted by Crippen LogP contribution is 2.31. The lowest BCUT2D eigenvalue weighted by atomic mass is 10.0. The van der Waals surface area contributed by atoms with Crippen molar-refractivity contribution in [1.29, 1.82) is 0 Å². The van der Waals surface area contributed by atoms with E-state index in [4.69, 9.17) is 16.4 Å². The van der Waals surface area contributed by atoms with Crippen molar-refractivity contribution < 1.29 is 38.8 Å². The maximum atomic E-state index is 14.6. The van der Waals surface area contributed by atoms with E-state index < -0.39 is 92.3 Å². The molecule has 0 fully saturated rings. The van der Waals surface area contributed by atoms with Crippen LogP contribution in [0.1, 0.15) is 64.7 Å². The van der Waals surface area contributed by atoms with E-state index in [9.17, 15) is 27.2 Å². The van der Waals surface area contributed by atoms with E-state index >= 15 is 0 Å². The predicted octanol–water partition coefficient (Wildman–Crippen LogP) is 7.22. The van der Waals surface area contributed by atoms with Crippen LogP contribution in [0.5, 0.6) is 0 Å². The third kappa shape index (κ3) is 8.70. The Morgan fingerprint density at radius 1 is 0.957 bits per heavy atom. The van der Waals surface area contributed by atoms with Crippen molar-refractivity contribution in [2.45, 2.75) is 63.3 Å². The van der Waals surface area contributed by atoms with Gasteiger partial charge in [0.15, 0.2) is 5.16 Å². The van der Waals surface area contributed by atoms with Gasteiger partial charge < -0.3 is 14.4 Å². The van der Waals surface area contributed by atoms with Gasteiger partial charge in [-0.05, 0) is 78.7 Å². The van der Waals surface area contributed by atoms with E-state index in [0.29, 0.717) is 28.1 Å². The van der Waals surface area contributed by atoms with Crippen LogP contribution < -0.4 is 5.56 Å². The normalized spacial score (nSPS) is 17.8. The van der Waals surface area contributed by atoms with Crippen molar-refractivity contribution in [2.24, 2.45) is 0 Å². The van der Waals surface area contributed by atoms with Crippen molar-refractivity contribution in [1.82, 2.24) is 19.4 Å². The molecule has 0 N–H and O–H groups in total. The molecule has 1 aliphatic carbocycles. The Balaban J connectivity index is 1.58. The Kier molecular flexibility index (Phi) is 7.10. The lowest BCUT2D eigenvalue weighted by molar-refractivity contribution is -0.137. The number of carbonyl (C=O) groups is 1. The van der Waals surface area contributed by atoms with Crippen LogP contribution in [-0.4, -0.2) is 51.2 Å². The zero-order valence-corrected chi connectivity index (χ0v) is 26.2. The maximum Gasteiger partial charge on any atom is 0.416 e. The molecule has 11 heteroatoms. The molecule has 1 amide bonds. The van der Waals surface area contributed by atoms with Crippen molar-refractivity contribution in [3.63, 3.8) is 0 Å². The fraction of sp³-hybridized carbons (Fsp3) is 0.361. The zero-order chi connectivity index (χ0) is 44.2. The van der Waals surface area contributed by atoms with Crippen LogP contribution >= 0.6 is 11.8 Å². The number of benzene rings is 3. The first kappa shape index (κ1) is 21.8. The molecule has 0 bridgehead atoms. The van der Waals surface area contributed by atoms with Gasteiger partial charge in [-0.1, -0.05) is 74.1 Å². The first-order valence-electron chi connectivity index (χ1n) is 20.5. The molecule has 1 aromatic heterocycles. The summed E-state index contributed by atoms with van der Waals surface area (Å²) in [6, 6.07) is 6.94. The standard InChI is InChI=1S/C36H38F4N4O2S/c1-3-42(4-2)20-21-43(22-25-8-12-27(13-9-25)28-14-16-29(17-15-28)36(38,39)40)33(45)23-44-32-7-5-6-31(32)34(46)41-35(44)47-24-26-10-18-30(37)19-11-26/h8-19H,3-7,20-24H2,1-2H3/i3D2,4D2,10D,11D,18D,19D,20D2,21D2. The molecule has 6 nitrogen and oxygen atoms in total. The molecule has 1 heterocycles. The highest BCUT2D eigenvalue weighted by Gasteiger charge is 2.30. The van der Waals surface area contributed by atoms with Crippen molar-refractivity contribution in [2.75, 3.05) is 26.0 Å². The van der Waals surface area contributed by atoms with E-state index in [1.807, 2.05) is 0 Å². The first-order chi connectivity index (χ1) is 27.1. The molecular formula is C36H38F4N4O2S. The van der Waals surface area contributed by atoms with Gasteiger partial charge in [0.25, 0.3) is 5.56 Å². The molecule has 3 aromatic carbocycles. The Morgan fingerprint density at radius 3 is 2.21 bits per heavy atom. The minimum Gasteiger partial charge on any atom is -0.336 e. The van der Waals surface area contributed by atoms with Gasteiger partial charge in [0.2, 0.25) is 5.91 Å². The number of hydrogen-bond donors (Lipinski definition) is 0. The van der Waals surface area contributed by atoms with Gasteiger partial charge in [0.1, 0.15) is 12.4 Å². The Morgan fingerprint density at radius 2 is 1.60 bits per heavy atom. The second-order valence-electron chi connectivity index (χ2n) is 10.4. The lowest BCUT2D eigenvalue weighted by Crippen LogP contribution is -2.40.